The Bertz CT molecular complexity index is 1040. The Morgan fingerprint density at radius 1 is 0.792 bits per heavy atom. The van der Waals surface area contributed by atoms with E-state index in [-0.39, 0.29) is 0 Å². The molecule has 0 saturated heterocycles. The van der Waals surface area contributed by atoms with Crippen molar-refractivity contribution in [1.29, 1.82) is 0 Å². The summed E-state index contributed by atoms with van der Waals surface area (Å²) in [5, 5.41) is 2.51. The largest absolute Gasteiger partial charge is 0.329 e. The lowest BCUT2D eigenvalue weighted by Gasteiger charge is -2.01. The van der Waals surface area contributed by atoms with Gasteiger partial charge in [-0.25, -0.2) is 0 Å². The Morgan fingerprint density at radius 3 is 1.96 bits per heavy atom. The standard InChI is InChI=1S/C22H15NO/c24-16-18-13-11-17(12-14-18)6-5-15-23-21-9-3-1-7-19(21)20-8-2-4-10-22(20)23/h1-4,7-14,16H,15H2. The lowest BCUT2D eigenvalue weighted by molar-refractivity contribution is 0.112. The quantitative estimate of drug-likeness (QED) is 0.390. The summed E-state index contributed by atoms with van der Waals surface area (Å²) in [6.07, 6.45) is 0.843. The molecule has 1 aromatic heterocycles. The monoisotopic (exact) mass is 309 g/mol. The third-order valence-corrected chi connectivity index (χ3v) is 4.20. The Labute approximate surface area is 140 Å². The number of hydrogen-bond acceptors (Lipinski definition) is 1. The van der Waals surface area contributed by atoms with E-state index in [1.165, 1.54) is 21.8 Å². The first-order valence-corrected chi connectivity index (χ1v) is 7.87. The number of hydrogen-bond donors (Lipinski definition) is 0. The van der Waals surface area contributed by atoms with E-state index >= 15 is 0 Å². The van der Waals surface area contributed by atoms with Crippen molar-refractivity contribution < 1.29 is 4.79 Å². The van der Waals surface area contributed by atoms with Crippen LogP contribution in [-0.4, -0.2) is 10.9 Å². The highest BCUT2D eigenvalue weighted by Gasteiger charge is 2.07. The average molecular weight is 309 g/mol. The molecule has 0 unspecified atom stereocenters. The summed E-state index contributed by atoms with van der Waals surface area (Å²) >= 11 is 0. The molecule has 0 aliphatic heterocycles. The first-order chi connectivity index (χ1) is 11.9. The highest BCUT2D eigenvalue weighted by molar-refractivity contribution is 6.08. The van der Waals surface area contributed by atoms with Crippen LogP contribution in [0.15, 0.2) is 72.8 Å². The first kappa shape index (κ1) is 14.3. The maximum absolute atomic E-state index is 10.7. The summed E-state index contributed by atoms with van der Waals surface area (Å²) in [6, 6.07) is 24.2. The lowest BCUT2D eigenvalue weighted by Crippen LogP contribution is -1.94. The van der Waals surface area contributed by atoms with Gasteiger partial charge in [0.2, 0.25) is 0 Å². The van der Waals surface area contributed by atoms with Gasteiger partial charge in [0.1, 0.15) is 6.29 Å². The Morgan fingerprint density at radius 2 is 1.38 bits per heavy atom. The van der Waals surface area contributed by atoms with Crippen molar-refractivity contribution in [2.45, 2.75) is 6.54 Å². The predicted octanol–water partition coefficient (Wildman–Crippen LogP) is 4.66. The average Bonchev–Trinajstić information content (AvgIpc) is 2.97. The number of fused-ring (bicyclic) bond motifs is 3. The smallest absolute Gasteiger partial charge is 0.150 e. The number of nitrogens with zero attached hydrogens (tertiary/aromatic N) is 1. The number of carbonyl (C=O) groups excluding carboxylic acids is 1. The summed E-state index contributed by atoms with van der Waals surface area (Å²) in [5.74, 6) is 6.43. The van der Waals surface area contributed by atoms with E-state index in [0.29, 0.717) is 12.1 Å². The minimum atomic E-state index is 0.628. The molecular formula is C22H15NO. The second kappa shape index (κ2) is 6.06. The molecule has 0 saturated carbocycles. The molecule has 114 valence electrons. The molecule has 0 N–H and O–H groups in total. The number of benzene rings is 3. The molecule has 2 nitrogen and oxygen atoms in total. The SMILES string of the molecule is O=Cc1ccc(C#CCn2c3ccccc3c3ccccc32)cc1. The van der Waals surface area contributed by atoms with Gasteiger partial charge in [0, 0.05) is 32.9 Å². The van der Waals surface area contributed by atoms with E-state index in [2.05, 4.69) is 64.9 Å². The Hall–Kier alpha value is -3.31. The molecule has 0 radical (unpaired) electrons. The van der Waals surface area contributed by atoms with Crippen molar-refractivity contribution >= 4 is 28.1 Å². The van der Waals surface area contributed by atoms with Gasteiger partial charge >= 0.3 is 0 Å². The van der Waals surface area contributed by atoms with Crippen molar-refractivity contribution in [2.24, 2.45) is 0 Å². The maximum atomic E-state index is 10.7. The molecule has 0 amide bonds. The third-order valence-electron chi connectivity index (χ3n) is 4.20. The number of aldehydes is 1. The van der Waals surface area contributed by atoms with Crippen molar-refractivity contribution in [3.8, 4) is 11.8 Å². The molecule has 0 atom stereocenters. The number of carbonyl (C=O) groups is 1. The summed E-state index contributed by atoms with van der Waals surface area (Å²) in [7, 11) is 0. The van der Waals surface area contributed by atoms with Gasteiger partial charge in [-0.3, -0.25) is 4.79 Å². The van der Waals surface area contributed by atoms with Crippen LogP contribution < -0.4 is 0 Å². The fraction of sp³-hybridized carbons (Fsp3) is 0.0455. The Balaban J connectivity index is 1.74. The van der Waals surface area contributed by atoms with Gasteiger partial charge in [0.25, 0.3) is 0 Å². The van der Waals surface area contributed by atoms with Crippen LogP contribution in [0.3, 0.4) is 0 Å². The molecule has 1 heterocycles. The van der Waals surface area contributed by atoms with Gasteiger partial charge in [-0.1, -0.05) is 60.4 Å². The number of rotatable bonds is 2. The van der Waals surface area contributed by atoms with E-state index < -0.39 is 0 Å². The zero-order valence-corrected chi connectivity index (χ0v) is 13.1. The molecule has 3 aromatic carbocycles. The van der Waals surface area contributed by atoms with Crippen LogP contribution in [0.4, 0.5) is 0 Å². The maximum Gasteiger partial charge on any atom is 0.150 e. The summed E-state index contributed by atoms with van der Waals surface area (Å²) in [6.45, 7) is 0.628. The second-order valence-electron chi connectivity index (χ2n) is 5.66. The van der Waals surface area contributed by atoms with E-state index in [9.17, 15) is 4.79 Å². The molecular weight excluding hydrogens is 294 g/mol. The van der Waals surface area contributed by atoms with E-state index in [4.69, 9.17) is 0 Å². The summed E-state index contributed by atoms with van der Waals surface area (Å²) in [5.41, 5.74) is 3.98. The molecule has 0 fully saturated rings. The molecule has 0 spiro atoms. The molecule has 2 heteroatoms. The zero-order valence-electron chi connectivity index (χ0n) is 13.1. The van der Waals surface area contributed by atoms with Crippen LogP contribution in [-0.2, 0) is 6.54 Å². The minimum absolute atomic E-state index is 0.628. The molecule has 0 bridgehead atoms. The van der Waals surface area contributed by atoms with Crippen molar-refractivity contribution in [1.82, 2.24) is 4.57 Å². The van der Waals surface area contributed by atoms with Gasteiger partial charge in [0.15, 0.2) is 0 Å². The highest BCUT2D eigenvalue weighted by Crippen LogP contribution is 2.28. The van der Waals surface area contributed by atoms with Crippen LogP contribution in [0, 0.1) is 11.8 Å². The lowest BCUT2D eigenvalue weighted by atomic mass is 10.1. The fourth-order valence-corrected chi connectivity index (χ4v) is 3.04. The van der Waals surface area contributed by atoms with Gasteiger partial charge in [0.05, 0.1) is 6.54 Å². The molecule has 24 heavy (non-hydrogen) atoms. The molecule has 0 aliphatic carbocycles. The van der Waals surface area contributed by atoms with Crippen LogP contribution in [0.1, 0.15) is 15.9 Å². The van der Waals surface area contributed by atoms with Crippen LogP contribution >= 0.6 is 0 Å². The van der Waals surface area contributed by atoms with Crippen LogP contribution in [0.25, 0.3) is 21.8 Å². The topological polar surface area (TPSA) is 22.0 Å². The molecule has 4 aromatic rings. The normalized spacial score (nSPS) is 10.5. The van der Waals surface area contributed by atoms with E-state index in [1.54, 1.807) is 12.1 Å². The van der Waals surface area contributed by atoms with Crippen LogP contribution in [0.2, 0.25) is 0 Å². The third kappa shape index (κ3) is 2.47. The minimum Gasteiger partial charge on any atom is -0.329 e. The van der Waals surface area contributed by atoms with Crippen molar-refractivity contribution in [3.05, 3.63) is 83.9 Å². The summed E-state index contributed by atoms with van der Waals surface area (Å²) in [4.78, 5) is 10.7. The van der Waals surface area contributed by atoms with E-state index in [1.807, 2.05) is 12.1 Å². The summed E-state index contributed by atoms with van der Waals surface area (Å²) < 4.78 is 2.25. The van der Waals surface area contributed by atoms with Crippen molar-refractivity contribution in [2.75, 3.05) is 0 Å². The Kier molecular flexibility index (Phi) is 3.61. The van der Waals surface area contributed by atoms with E-state index in [0.717, 1.165) is 11.8 Å². The second-order valence-corrected chi connectivity index (χ2v) is 5.66. The first-order valence-electron chi connectivity index (χ1n) is 7.87. The number of aromatic nitrogens is 1. The van der Waals surface area contributed by atoms with Gasteiger partial charge in [-0.15, -0.1) is 0 Å². The molecule has 0 aliphatic rings. The van der Waals surface area contributed by atoms with Gasteiger partial charge in [-0.2, -0.15) is 0 Å². The van der Waals surface area contributed by atoms with Crippen LogP contribution in [0.5, 0.6) is 0 Å². The highest BCUT2D eigenvalue weighted by atomic mass is 16.1. The van der Waals surface area contributed by atoms with Gasteiger partial charge in [-0.05, 0) is 24.3 Å². The number of para-hydroxylation sites is 2. The van der Waals surface area contributed by atoms with Crippen molar-refractivity contribution in [3.63, 3.8) is 0 Å². The predicted molar refractivity (Wildman–Crippen MR) is 98.2 cm³/mol. The molecule has 4 rings (SSSR count). The fourth-order valence-electron chi connectivity index (χ4n) is 3.04. The zero-order chi connectivity index (χ0) is 16.4. The van der Waals surface area contributed by atoms with Gasteiger partial charge < -0.3 is 4.57 Å².